The summed E-state index contributed by atoms with van der Waals surface area (Å²) in [5.74, 6) is 0.0830. The number of rotatable bonds is 8. The second kappa shape index (κ2) is 8.05. The molecular formula is C17H28N2O. The first kappa shape index (κ1) is 16.7. The molecular weight excluding hydrogens is 248 g/mol. The largest absolute Gasteiger partial charge is 0.355 e. The van der Waals surface area contributed by atoms with E-state index >= 15 is 0 Å². The third kappa shape index (κ3) is 6.20. The summed E-state index contributed by atoms with van der Waals surface area (Å²) in [5.41, 5.74) is 1.28. The third-order valence-electron chi connectivity index (χ3n) is 3.43. The molecule has 0 saturated heterocycles. The molecule has 0 bridgehead atoms. The summed E-state index contributed by atoms with van der Waals surface area (Å²) in [4.78, 5) is 11.9. The van der Waals surface area contributed by atoms with Crippen molar-refractivity contribution in [2.75, 3.05) is 6.54 Å². The predicted octanol–water partition coefficient (Wildman–Crippen LogP) is 2.90. The first-order chi connectivity index (χ1) is 9.44. The molecule has 1 unspecified atom stereocenters. The van der Waals surface area contributed by atoms with Gasteiger partial charge in [0, 0.05) is 12.1 Å². The molecule has 3 heteroatoms. The minimum Gasteiger partial charge on any atom is -0.355 e. The molecule has 0 saturated carbocycles. The lowest BCUT2D eigenvalue weighted by atomic mass is 9.94. The van der Waals surface area contributed by atoms with Crippen LogP contribution in [-0.2, 0) is 11.2 Å². The lowest BCUT2D eigenvalue weighted by molar-refractivity contribution is -0.123. The number of carbonyl (C=O) groups excluding carboxylic acids is 1. The van der Waals surface area contributed by atoms with E-state index < -0.39 is 0 Å². The Hall–Kier alpha value is -1.35. The van der Waals surface area contributed by atoms with E-state index in [1.54, 1.807) is 0 Å². The van der Waals surface area contributed by atoms with Crippen LogP contribution in [0.1, 0.15) is 46.1 Å². The predicted molar refractivity (Wildman–Crippen MR) is 84.7 cm³/mol. The molecule has 1 atom stereocenters. The van der Waals surface area contributed by atoms with Crippen molar-refractivity contribution in [3.63, 3.8) is 0 Å². The van der Waals surface area contributed by atoms with Crippen molar-refractivity contribution in [1.29, 1.82) is 0 Å². The molecule has 1 rings (SSSR count). The highest BCUT2D eigenvalue weighted by molar-refractivity contribution is 5.81. The van der Waals surface area contributed by atoms with E-state index in [1.165, 1.54) is 5.56 Å². The van der Waals surface area contributed by atoms with Crippen molar-refractivity contribution >= 4 is 5.91 Å². The molecule has 0 radical (unpaired) electrons. The number of aryl methyl sites for hydroxylation is 1. The van der Waals surface area contributed by atoms with Gasteiger partial charge in [0.2, 0.25) is 5.91 Å². The number of hydrogen-bond acceptors (Lipinski definition) is 2. The summed E-state index contributed by atoms with van der Waals surface area (Å²) in [6.45, 7) is 9.03. The molecule has 1 aromatic rings. The molecule has 0 aliphatic heterocycles. The van der Waals surface area contributed by atoms with Crippen LogP contribution >= 0.6 is 0 Å². The molecule has 2 N–H and O–H groups in total. The molecule has 0 aromatic heterocycles. The zero-order valence-corrected chi connectivity index (χ0v) is 13.2. The van der Waals surface area contributed by atoms with Crippen LogP contribution in [0.15, 0.2) is 30.3 Å². The number of nitrogens with one attached hydrogen (secondary N) is 2. The van der Waals surface area contributed by atoms with Gasteiger partial charge in [0.15, 0.2) is 0 Å². The van der Waals surface area contributed by atoms with Crippen molar-refractivity contribution in [3.05, 3.63) is 35.9 Å². The third-order valence-corrected chi connectivity index (χ3v) is 3.43. The monoisotopic (exact) mass is 276 g/mol. The van der Waals surface area contributed by atoms with Crippen LogP contribution in [0.4, 0.5) is 0 Å². The quantitative estimate of drug-likeness (QED) is 0.766. The Morgan fingerprint density at radius 1 is 1.25 bits per heavy atom. The Kier molecular flexibility index (Phi) is 6.73. The van der Waals surface area contributed by atoms with Gasteiger partial charge < -0.3 is 10.6 Å². The summed E-state index contributed by atoms with van der Waals surface area (Å²) in [6.07, 6.45) is 2.99. The van der Waals surface area contributed by atoms with Crippen molar-refractivity contribution in [2.24, 2.45) is 0 Å². The average molecular weight is 276 g/mol. The molecule has 0 aliphatic rings. The number of amides is 1. The zero-order chi connectivity index (χ0) is 15.0. The van der Waals surface area contributed by atoms with Gasteiger partial charge in [-0.15, -0.1) is 0 Å². The summed E-state index contributed by atoms with van der Waals surface area (Å²) in [6, 6.07) is 10.3. The summed E-state index contributed by atoms with van der Waals surface area (Å²) in [7, 11) is 0. The lowest BCUT2D eigenvalue weighted by Gasteiger charge is -2.30. The summed E-state index contributed by atoms with van der Waals surface area (Å²) < 4.78 is 0. The highest BCUT2D eigenvalue weighted by Gasteiger charge is 2.23. The molecule has 0 aliphatic carbocycles. The summed E-state index contributed by atoms with van der Waals surface area (Å²) in [5, 5.41) is 6.35. The second-order valence-corrected chi connectivity index (χ2v) is 6.03. The van der Waals surface area contributed by atoms with E-state index in [1.807, 2.05) is 13.0 Å². The van der Waals surface area contributed by atoms with Crippen LogP contribution in [0.25, 0.3) is 0 Å². The minimum absolute atomic E-state index is 0.0567. The van der Waals surface area contributed by atoms with Crippen LogP contribution in [-0.4, -0.2) is 24.0 Å². The van der Waals surface area contributed by atoms with Crippen LogP contribution in [0, 0.1) is 0 Å². The fourth-order valence-corrected chi connectivity index (χ4v) is 2.23. The molecule has 0 fully saturated rings. The Morgan fingerprint density at radius 2 is 1.90 bits per heavy atom. The van der Waals surface area contributed by atoms with E-state index in [0.717, 1.165) is 25.8 Å². The van der Waals surface area contributed by atoms with Crippen molar-refractivity contribution in [1.82, 2.24) is 10.6 Å². The highest BCUT2D eigenvalue weighted by Crippen LogP contribution is 2.14. The fraction of sp³-hybridized carbons (Fsp3) is 0.588. The molecule has 3 nitrogen and oxygen atoms in total. The van der Waals surface area contributed by atoms with E-state index in [9.17, 15) is 4.79 Å². The maximum Gasteiger partial charge on any atom is 0.236 e. The SMILES string of the molecule is CCCNC(=O)C(C)NC(C)(C)CCc1ccccc1. The van der Waals surface area contributed by atoms with Gasteiger partial charge in [-0.1, -0.05) is 37.3 Å². The van der Waals surface area contributed by atoms with Gasteiger partial charge in [0.25, 0.3) is 0 Å². The first-order valence-corrected chi connectivity index (χ1v) is 7.54. The van der Waals surface area contributed by atoms with Gasteiger partial charge in [0.05, 0.1) is 6.04 Å². The second-order valence-electron chi connectivity index (χ2n) is 6.03. The highest BCUT2D eigenvalue weighted by atomic mass is 16.2. The Balaban J connectivity index is 2.42. The van der Waals surface area contributed by atoms with Crippen LogP contribution in [0.2, 0.25) is 0 Å². The van der Waals surface area contributed by atoms with Gasteiger partial charge in [-0.3, -0.25) is 4.79 Å². The molecule has 0 spiro atoms. The lowest BCUT2D eigenvalue weighted by Crippen LogP contribution is -2.51. The molecule has 0 heterocycles. The Labute approximate surface area is 123 Å². The smallest absolute Gasteiger partial charge is 0.236 e. The first-order valence-electron chi connectivity index (χ1n) is 7.54. The molecule has 112 valence electrons. The molecule has 1 aromatic carbocycles. The molecule has 1 amide bonds. The van der Waals surface area contributed by atoms with Crippen molar-refractivity contribution in [2.45, 2.75) is 58.5 Å². The number of benzene rings is 1. The summed E-state index contributed by atoms with van der Waals surface area (Å²) >= 11 is 0. The van der Waals surface area contributed by atoms with Gasteiger partial charge in [-0.05, 0) is 45.6 Å². The maximum atomic E-state index is 11.9. The standard InChI is InChI=1S/C17H28N2O/c1-5-13-18-16(20)14(2)19-17(3,4)12-11-15-9-7-6-8-10-15/h6-10,14,19H,5,11-13H2,1-4H3,(H,18,20). The Bertz CT molecular complexity index is 401. The van der Waals surface area contributed by atoms with Crippen LogP contribution in [0.3, 0.4) is 0 Å². The minimum atomic E-state index is -0.160. The van der Waals surface area contributed by atoms with Crippen LogP contribution < -0.4 is 10.6 Å². The average Bonchev–Trinajstić information content (AvgIpc) is 2.43. The normalized spacial score (nSPS) is 13.0. The van der Waals surface area contributed by atoms with E-state index in [4.69, 9.17) is 0 Å². The van der Waals surface area contributed by atoms with Gasteiger partial charge in [-0.25, -0.2) is 0 Å². The van der Waals surface area contributed by atoms with E-state index in [2.05, 4.69) is 55.7 Å². The number of carbonyl (C=O) groups is 1. The molecule has 20 heavy (non-hydrogen) atoms. The topological polar surface area (TPSA) is 41.1 Å². The Morgan fingerprint density at radius 3 is 2.50 bits per heavy atom. The van der Waals surface area contributed by atoms with E-state index in [0.29, 0.717) is 0 Å². The van der Waals surface area contributed by atoms with Crippen molar-refractivity contribution < 1.29 is 4.79 Å². The van der Waals surface area contributed by atoms with Gasteiger partial charge in [0.1, 0.15) is 0 Å². The van der Waals surface area contributed by atoms with Crippen LogP contribution in [0.5, 0.6) is 0 Å². The fourth-order valence-electron chi connectivity index (χ4n) is 2.23. The zero-order valence-electron chi connectivity index (χ0n) is 13.2. The van der Waals surface area contributed by atoms with E-state index in [-0.39, 0.29) is 17.5 Å². The van der Waals surface area contributed by atoms with Crippen molar-refractivity contribution in [3.8, 4) is 0 Å². The maximum absolute atomic E-state index is 11.9. The number of hydrogen-bond donors (Lipinski definition) is 2. The van der Waals surface area contributed by atoms with Gasteiger partial charge >= 0.3 is 0 Å². The van der Waals surface area contributed by atoms with Gasteiger partial charge in [-0.2, -0.15) is 0 Å².